The second-order valence-electron chi connectivity index (χ2n) is 6.05. The molecule has 1 aromatic carbocycles. The van der Waals surface area contributed by atoms with Crippen LogP contribution in [0.2, 0.25) is 0 Å². The molecule has 0 amide bonds. The van der Waals surface area contributed by atoms with Gasteiger partial charge in [0.1, 0.15) is 0 Å². The van der Waals surface area contributed by atoms with Gasteiger partial charge in [0.25, 0.3) is 0 Å². The van der Waals surface area contributed by atoms with Crippen LogP contribution >= 0.6 is 0 Å². The molecule has 1 aliphatic heterocycles. The predicted molar refractivity (Wildman–Crippen MR) is 74.7 cm³/mol. The lowest BCUT2D eigenvalue weighted by Gasteiger charge is -2.28. The van der Waals surface area contributed by atoms with E-state index in [0.717, 1.165) is 13.1 Å². The first kappa shape index (κ1) is 12.4. The Morgan fingerprint density at radius 1 is 1.29 bits per heavy atom. The molecular formula is C15H24N2. The molecule has 0 aromatic heterocycles. The number of rotatable bonds is 3. The van der Waals surface area contributed by atoms with Gasteiger partial charge in [-0.25, -0.2) is 0 Å². The average molecular weight is 232 g/mol. The Labute approximate surface area is 105 Å². The molecule has 0 fully saturated rings. The van der Waals surface area contributed by atoms with Gasteiger partial charge in [0.05, 0.1) is 0 Å². The molecule has 2 nitrogen and oxygen atoms in total. The Kier molecular flexibility index (Phi) is 3.43. The monoisotopic (exact) mass is 232 g/mol. The number of hydrogen-bond acceptors (Lipinski definition) is 2. The maximum atomic E-state index is 3.56. The molecule has 2 heteroatoms. The number of anilines is 1. The van der Waals surface area contributed by atoms with Crippen molar-refractivity contribution in [1.29, 1.82) is 0 Å². The molecule has 0 saturated heterocycles. The van der Waals surface area contributed by atoms with Crippen LogP contribution in [0.1, 0.15) is 33.3 Å². The third-order valence-corrected chi connectivity index (χ3v) is 3.36. The zero-order valence-electron chi connectivity index (χ0n) is 11.5. The molecule has 2 rings (SSSR count). The van der Waals surface area contributed by atoms with E-state index in [-0.39, 0.29) is 5.54 Å². The number of nitrogens with one attached hydrogen (secondary N) is 1. The van der Waals surface area contributed by atoms with E-state index in [1.165, 1.54) is 17.7 Å². The van der Waals surface area contributed by atoms with Crippen molar-refractivity contribution in [1.82, 2.24) is 5.32 Å². The molecule has 1 N–H and O–H groups in total. The van der Waals surface area contributed by atoms with Crippen molar-refractivity contribution in [2.75, 3.05) is 18.0 Å². The van der Waals surface area contributed by atoms with Gasteiger partial charge in [0.15, 0.2) is 0 Å². The van der Waals surface area contributed by atoms with Crippen molar-refractivity contribution in [3.05, 3.63) is 29.8 Å². The summed E-state index contributed by atoms with van der Waals surface area (Å²) in [5, 5.41) is 3.56. The van der Waals surface area contributed by atoms with Crippen molar-refractivity contribution < 1.29 is 0 Å². The van der Waals surface area contributed by atoms with Gasteiger partial charge in [-0.15, -0.1) is 0 Å². The van der Waals surface area contributed by atoms with E-state index >= 15 is 0 Å². The van der Waals surface area contributed by atoms with Crippen molar-refractivity contribution in [2.45, 2.75) is 45.7 Å². The van der Waals surface area contributed by atoms with Crippen LogP contribution in [0.15, 0.2) is 24.3 Å². The van der Waals surface area contributed by atoms with Crippen LogP contribution in [-0.2, 0) is 6.42 Å². The largest absolute Gasteiger partial charge is 0.367 e. The Balaban J connectivity index is 1.97. The van der Waals surface area contributed by atoms with E-state index in [4.69, 9.17) is 0 Å². The minimum atomic E-state index is 0.211. The van der Waals surface area contributed by atoms with Crippen LogP contribution < -0.4 is 10.2 Å². The summed E-state index contributed by atoms with van der Waals surface area (Å²) < 4.78 is 0. The zero-order valence-corrected chi connectivity index (χ0v) is 11.5. The van der Waals surface area contributed by atoms with Gasteiger partial charge in [-0.1, -0.05) is 18.2 Å². The standard InChI is InChI=1S/C15H24N2/c1-12-11-13-7-5-6-8-14(13)17(12)10-9-16-15(2,3)4/h5-8,12,16H,9-11H2,1-4H3. The number of para-hydroxylation sites is 1. The summed E-state index contributed by atoms with van der Waals surface area (Å²) in [5.74, 6) is 0. The van der Waals surface area contributed by atoms with E-state index in [2.05, 4.69) is 62.2 Å². The van der Waals surface area contributed by atoms with Gasteiger partial charge in [0.2, 0.25) is 0 Å². The summed E-state index contributed by atoms with van der Waals surface area (Å²) in [6.45, 7) is 11.1. The minimum absolute atomic E-state index is 0.211. The summed E-state index contributed by atoms with van der Waals surface area (Å²) in [6, 6.07) is 9.41. The third kappa shape index (κ3) is 3.01. The second-order valence-corrected chi connectivity index (χ2v) is 6.05. The van der Waals surface area contributed by atoms with Gasteiger partial charge in [-0.05, 0) is 45.7 Å². The van der Waals surface area contributed by atoms with Crippen molar-refractivity contribution in [3.63, 3.8) is 0 Å². The van der Waals surface area contributed by atoms with Crippen LogP contribution in [0.5, 0.6) is 0 Å². The highest BCUT2D eigenvalue weighted by Crippen LogP contribution is 2.31. The molecule has 1 aliphatic rings. The summed E-state index contributed by atoms with van der Waals surface area (Å²) in [7, 11) is 0. The topological polar surface area (TPSA) is 15.3 Å². The predicted octanol–water partition coefficient (Wildman–Crippen LogP) is 2.83. The minimum Gasteiger partial charge on any atom is -0.367 e. The van der Waals surface area contributed by atoms with Gasteiger partial charge >= 0.3 is 0 Å². The lowest BCUT2D eigenvalue weighted by atomic mass is 10.1. The highest BCUT2D eigenvalue weighted by atomic mass is 15.2. The van der Waals surface area contributed by atoms with Gasteiger partial charge < -0.3 is 10.2 Å². The van der Waals surface area contributed by atoms with Crippen LogP contribution in [0.3, 0.4) is 0 Å². The molecule has 1 unspecified atom stereocenters. The summed E-state index contributed by atoms with van der Waals surface area (Å²) in [4.78, 5) is 2.52. The Bertz CT molecular complexity index is 379. The fourth-order valence-corrected chi connectivity index (χ4v) is 2.52. The SMILES string of the molecule is CC1Cc2ccccc2N1CCNC(C)(C)C. The summed E-state index contributed by atoms with van der Waals surface area (Å²) >= 11 is 0. The lowest BCUT2D eigenvalue weighted by Crippen LogP contribution is -2.42. The highest BCUT2D eigenvalue weighted by Gasteiger charge is 2.25. The molecule has 94 valence electrons. The van der Waals surface area contributed by atoms with Crippen LogP contribution in [0.4, 0.5) is 5.69 Å². The smallest absolute Gasteiger partial charge is 0.0402 e. The van der Waals surface area contributed by atoms with E-state index < -0.39 is 0 Å². The second kappa shape index (κ2) is 4.69. The van der Waals surface area contributed by atoms with Crippen molar-refractivity contribution in [3.8, 4) is 0 Å². The van der Waals surface area contributed by atoms with Gasteiger partial charge in [-0.2, -0.15) is 0 Å². The van der Waals surface area contributed by atoms with Gasteiger partial charge in [-0.3, -0.25) is 0 Å². The van der Waals surface area contributed by atoms with E-state index in [0.29, 0.717) is 6.04 Å². The van der Waals surface area contributed by atoms with E-state index in [9.17, 15) is 0 Å². The summed E-state index contributed by atoms with van der Waals surface area (Å²) in [6.07, 6.45) is 1.19. The molecule has 1 atom stereocenters. The quantitative estimate of drug-likeness (QED) is 0.862. The maximum absolute atomic E-state index is 3.56. The fourth-order valence-electron chi connectivity index (χ4n) is 2.52. The molecule has 17 heavy (non-hydrogen) atoms. The van der Waals surface area contributed by atoms with E-state index in [1.807, 2.05) is 0 Å². The van der Waals surface area contributed by atoms with Crippen molar-refractivity contribution in [2.24, 2.45) is 0 Å². The number of hydrogen-bond donors (Lipinski definition) is 1. The van der Waals surface area contributed by atoms with Crippen LogP contribution in [-0.4, -0.2) is 24.7 Å². The highest BCUT2D eigenvalue weighted by molar-refractivity contribution is 5.59. The fraction of sp³-hybridized carbons (Fsp3) is 0.600. The molecule has 0 radical (unpaired) electrons. The Hall–Kier alpha value is -1.02. The Morgan fingerprint density at radius 3 is 2.71 bits per heavy atom. The zero-order chi connectivity index (χ0) is 12.5. The third-order valence-electron chi connectivity index (χ3n) is 3.36. The maximum Gasteiger partial charge on any atom is 0.0402 e. The Morgan fingerprint density at radius 2 is 2.00 bits per heavy atom. The number of nitrogens with zero attached hydrogens (tertiary/aromatic N) is 1. The van der Waals surface area contributed by atoms with Gasteiger partial charge in [0, 0.05) is 30.4 Å². The van der Waals surface area contributed by atoms with E-state index in [1.54, 1.807) is 0 Å². The first-order chi connectivity index (χ1) is 7.97. The molecule has 0 bridgehead atoms. The summed E-state index contributed by atoms with van der Waals surface area (Å²) in [5.41, 5.74) is 3.13. The van der Waals surface area contributed by atoms with Crippen LogP contribution in [0, 0.1) is 0 Å². The lowest BCUT2D eigenvalue weighted by molar-refractivity contribution is 0.426. The number of benzene rings is 1. The van der Waals surface area contributed by atoms with Crippen molar-refractivity contribution >= 4 is 5.69 Å². The first-order valence-electron chi connectivity index (χ1n) is 6.57. The molecule has 0 aliphatic carbocycles. The first-order valence-corrected chi connectivity index (χ1v) is 6.57. The number of fused-ring (bicyclic) bond motifs is 1. The molecule has 1 aromatic rings. The molecular weight excluding hydrogens is 208 g/mol. The molecule has 1 heterocycles. The van der Waals surface area contributed by atoms with Crippen LogP contribution in [0.25, 0.3) is 0 Å². The molecule has 0 spiro atoms. The average Bonchev–Trinajstić information content (AvgIpc) is 2.54. The normalized spacial score (nSPS) is 19.5. The molecule has 0 saturated carbocycles.